The van der Waals surface area contributed by atoms with Crippen molar-refractivity contribution in [3.63, 3.8) is 0 Å². The van der Waals surface area contributed by atoms with Crippen LogP contribution in [0.5, 0.6) is 28.7 Å². The van der Waals surface area contributed by atoms with Crippen molar-refractivity contribution in [1.82, 2.24) is 19.9 Å². The number of hydrogen-bond donors (Lipinski definition) is 2. The molecule has 4 aliphatic carbocycles. The van der Waals surface area contributed by atoms with Crippen LogP contribution in [0, 0.1) is 6.92 Å². The molecule has 74 heavy (non-hydrogen) atoms. The minimum absolute atomic E-state index is 0.333. The summed E-state index contributed by atoms with van der Waals surface area (Å²) in [5.74, 6) is 5.00. The van der Waals surface area contributed by atoms with E-state index in [2.05, 4.69) is 96.3 Å². The number of hydrogen-bond acceptors (Lipinski definition) is 9. The van der Waals surface area contributed by atoms with E-state index in [1.807, 2.05) is 62.4 Å². The Morgan fingerprint density at radius 1 is 0.527 bits per heavy atom. The topological polar surface area (TPSA) is 130 Å². The van der Waals surface area contributed by atoms with Gasteiger partial charge in [-0.25, -0.2) is 14.8 Å². The van der Waals surface area contributed by atoms with Crippen LogP contribution in [0.4, 0.5) is 0 Å². The van der Waals surface area contributed by atoms with Crippen molar-refractivity contribution in [3.05, 3.63) is 161 Å². The van der Waals surface area contributed by atoms with Gasteiger partial charge < -0.3 is 38.4 Å². The lowest BCUT2D eigenvalue weighted by Gasteiger charge is -2.16. The summed E-state index contributed by atoms with van der Waals surface area (Å²) >= 11 is 0. The molecule has 0 saturated heterocycles. The highest BCUT2D eigenvalue weighted by Crippen LogP contribution is 2.41. The highest BCUT2D eigenvalue weighted by atomic mass is 16.5. The molecule has 0 spiro atoms. The summed E-state index contributed by atoms with van der Waals surface area (Å²) in [5.41, 5.74) is 15.9. The summed E-state index contributed by atoms with van der Waals surface area (Å²) in [6, 6.07) is 42.2. The Hall–Kier alpha value is -8.05. The third-order valence-electron chi connectivity index (χ3n) is 13.4. The van der Waals surface area contributed by atoms with Crippen molar-refractivity contribution >= 4 is 5.97 Å². The first-order valence-corrected chi connectivity index (χ1v) is 25.6. The van der Waals surface area contributed by atoms with Crippen LogP contribution in [-0.2, 0) is 35.2 Å². The molecule has 2 heterocycles. The van der Waals surface area contributed by atoms with Crippen molar-refractivity contribution in [2.45, 2.75) is 79.1 Å². The second-order valence-corrected chi connectivity index (χ2v) is 18.3. The van der Waals surface area contributed by atoms with E-state index >= 15 is 0 Å². The lowest BCUT2D eigenvalue weighted by molar-refractivity contribution is -0.139. The maximum atomic E-state index is 11.6. The van der Waals surface area contributed by atoms with E-state index in [0.717, 1.165) is 142 Å². The van der Waals surface area contributed by atoms with E-state index in [1.165, 1.54) is 22.3 Å². The van der Waals surface area contributed by atoms with Gasteiger partial charge in [0.05, 0.1) is 64.4 Å². The number of benzene rings is 6. The van der Waals surface area contributed by atoms with Crippen LogP contribution in [0.2, 0.25) is 0 Å². The predicted molar refractivity (Wildman–Crippen MR) is 297 cm³/mol. The van der Waals surface area contributed by atoms with Gasteiger partial charge in [0.1, 0.15) is 28.9 Å². The lowest BCUT2D eigenvalue weighted by atomic mass is 9.90. The van der Waals surface area contributed by atoms with Crippen molar-refractivity contribution in [3.8, 4) is 96.6 Å². The monoisotopic (exact) mass is 993 g/mol. The van der Waals surface area contributed by atoms with Crippen molar-refractivity contribution in [2.24, 2.45) is 0 Å². The minimum Gasteiger partial charge on any atom is -0.497 e. The van der Waals surface area contributed by atoms with E-state index in [1.54, 1.807) is 35.4 Å². The molecule has 0 fully saturated rings. The zero-order valence-corrected chi connectivity index (χ0v) is 44.1. The predicted octanol–water partition coefficient (Wildman–Crippen LogP) is 14.4. The highest BCUT2D eigenvalue weighted by molar-refractivity contribution is 5.87. The second kappa shape index (κ2) is 24.6. The molecule has 2 N–H and O–H groups in total. The van der Waals surface area contributed by atoms with Crippen molar-refractivity contribution < 1.29 is 33.2 Å². The number of rotatable bonds is 19. The van der Waals surface area contributed by atoms with Gasteiger partial charge in [-0.15, -0.1) is 0 Å². The number of ether oxygens (including phenoxy) is 6. The SMILES string of the molecule is C=C(C)C(=O)OCCCCCCOc1ccc(-c2[nH]c(-c3cc4ccc3CCc3ccc(cc3-c3nc(-c5ccc(OC)c(C)c5)c(-c5ccc(OC)c(OC)c5)[nH]3)CC4)nc2-c2ccc(OC)cc2)cc1.CC. The van der Waals surface area contributed by atoms with Gasteiger partial charge in [-0.3, -0.25) is 0 Å². The number of aromatic amines is 2. The number of H-pyrrole nitrogens is 2. The maximum absolute atomic E-state index is 11.6. The van der Waals surface area contributed by atoms with E-state index in [-0.39, 0.29) is 5.97 Å². The molecule has 0 aliphatic heterocycles. The molecule has 0 saturated carbocycles. The number of carbonyl (C=O) groups is 1. The van der Waals surface area contributed by atoms with Gasteiger partial charge in [0.15, 0.2) is 11.5 Å². The number of nitrogens with zero attached hydrogens (tertiary/aromatic N) is 2. The zero-order valence-electron chi connectivity index (χ0n) is 44.1. The number of aromatic nitrogens is 4. The smallest absolute Gasteiger partial charge is 0.333 e. The molecule has 0 unspecified atom stereocenters. The van der Waals surface area contributed by atoms with Gasteiger partial charge in [0, 0.05) is 39.0 Å². The summed E-state index contributed by atoms with van der Waals surface area (Å²) in [6.45, 7) is 12.4. The highest BCUT2D eigenvalue weighted by Gasteiger charge is 2.23. The third-order valence-corrected chi connectivity index (χ3v) is 13.4. The molecule has 4 bridgehead atoms. The zero-order chi connectivity index (χ0) is 52.1. The van der Waals surface area contributed by atoms with E-state index in [0.29, 0.717) is 30.3 Å². The third kappa shape index (κ3) is 12.1. The quantitative estimate of drug-likeness (QED) is 0.0462. The number of esters is 1. The fourth-order valence-corrected chi connectivity index (χ4v) is 9.35. The molecule has 4 aliphatic rings. The Balaban J connectivity index is 0.00000360. The Morgan fingerprint density at radius 2 is 1.04 bits per heavy atom. The van der Waals surface area contributed by atoms with Crippen LogP contribution in [-0.4, -0.2) is 67.6 Å². The van der Waals surface area contributed by atoms with Gasteiger partial charge in [0.2, 0.25) is 0 Å². The fourth-order valence-electron chi connectivity index (χ4n) is 9.35. The second-order valence-electron chi connectivity index (χ2n) is 18.3. The summed E-state index contributed by atoms with van der Waals surface area (Å²) in [4.78, 5) is 30.0. The molecule has 382 valence electrons. The molecule has 0 amide bonds. The minimum atomic E-state index is -0.333. The van der Waals surface area contributed by atoms with Gasteiger partial charge in [-0.05, 0) is 190 Å². The lowest BCUT2D eigenvalue weighted by Crippen LogP contribution is -2.06. The normalized spacial score (nSPS) is 11.7. The van der Waals surface area contributed by atoms with Crippen molar-refractivity contribution in [2.75, 3.05) is 41.7 Å². The standard InChI is InChI=1S/C61H62N4O7.C2H6/c1-38(2)61(66)72-33-11-9-8-10-32-71-49-28-22-45(23-29-49)56-55(44-20-26-48(67-4)27-21-44)62-59(63-56)50-35-40-12-13-41-15-17-43(19-18-42(50)16-14-40)51(36-41)60-64-57(46-24-30-52(68-5)39(3)34-46)58(65-60)47-25-31-53(69-6)54(37-47)70-7;1-2/h14-17,20-31,34-37H,1,8-13,18-19,32-33H2,2-7H3,(H,62,63)(H,64,65);1-2H3. The van der Waals surface area contributed by atoms with Crippen LogP contribution in [0.1, 0.15) is 74.3 Å². The Kier molecular flexibility index (Phi) is 17.4. The molecule has 8 aromatic rings. The van der Waals surface area contributed by atoms with Gasteiger partial charge in [-0.1, -0.05) is 44.7 Å². The largest absolute Gasteiger partial charge is 0.497 e. The van der Waals surface area contributed by atoms with Crippen LogP contribution < -0.4 is 23.7 Å². The molecule has 2 aromatic heterocycles. The van der Waals surface area contributed by atoms with Crippen LogP contribution in [0.3, 0.4) is 0 Å². The Labute approximate surface area is 436 Å². The maximum Gasteiger partial charge on any atom is 0.333 e. The average Bonchev–Trinajstić information content (AvgIpc) is 4.09. The molecular weight excluding hydrogens is 925 g/mol. The molecule has 11 heteroatoms. The number of methoxy groups -OCH3 is 4. The molecule has 12 rings (SSSR count). The van der Waals surface area contributed by atoms with E-state index in [9.17, 15) is 4.79 Å². The summed E-state index contributed by atoms with van der Waals surface area (Å²) in [6.07, 6.45) is 6.92. The van der Waals surface area contributed by atoms with E-state index < -0.39 is 0 Å². The number of nitrogens with one attached hydrogen (secondary N) is 2. The number of aryl methyl sites for hydroxylation is 5. The first kappa shape index (κ1) is 52.3. The number of imidazole rings is 2. The molecule has 0 radical (unpaired) electrons. The average molecular weight is 993 g/mol. The number of carbonyl (C=O) groups excluding carboxylic acids is 1. The fraction of sp³-hybridized carbons (Fsp3) is 0.286. The Morgan fingerprint density at radius 3 is 1.61 bits per heavy atom. The molecule has 6 aromatic carbocycles. The summed E-state index contributed by atoms with van der Waals surface area (Å²) in [5, 5.41) is 0. The first-order chi connectivity index (χ1) is 36.1. The van der Waals surface area contributed by atoms with Crippen LogP contribution >= 0.6 is 0 Å². The summed E-state index contributed by atoms with van der Waals surface area (Å²) in [7, 11) is 6.68. The van der Waals surface area contributed by atoms with Crippen LogP contribution in [0.15, 0.2) is 133 Å². The molecular formula is C63H68N4O7. The van der Waals surface area contributed by atoms with Crippen molar-refractivity contribution in [1.29, 1.82) is 0 Å². The van der Waals surface area contributed by atoms with Gasteiger partial charge in [0.25, 0.3) is 0 Å². The molecule has 11 nitrogen and oxygen atoms in total. The van der Waals surface area contributed by atoms with Gasteiger partial charge in [-0.2, -0.15) is 0 Å². The number of unbranched alkanes of at least 4 members (excludes halogenated alkanes) is 3. The van der Waals surface area contributed by atoms with Crippen LogP contribution in [0.25, 0.3) is 67.8 Å². The van der Waals surface area contributed by atoms with E-state index in [4.69, 9.17) is 38.4 Å². The first-order valence-electron chi connectivity index (χ1n) is 25.6. The van der Waals surface area contributed by atoms with Gasteiger partial charge >= 0.3 is 5.97 Å². The summed E-state index contributed by atoms with van der Waals surface area (Å²) < 4.78 is 33.9. The Bertz CT molecular complexity index is 3200. The molecule has 0 atom stereocenters.